The van der Waals surface area contributed by atoms with Gasteiger partial charge in [0.05, 0.1) is 5.57 Å². The van der Waals surface area contributed by atoms with Crippen LogP contribution in [0.3, 0.4) is 0 Å². The second-order valence-corrected chi connectivity index (χ2v) is 2.62. The molecule has 0 aliphatic rings. The van der Waals surface area contributed by atoms with Crippen molar-refractivity contribution < 1.29 is 8.78 Å². The molecule has 0 N–H and O–H groups in total. The Morgan fingerprint density at radius 1 is 1.64 bits per heavy atom. The highest BCUT2D eigenvalue weighted by Crippen LogP contribution is 2.20. The van der Waals surface area contributed by atoms with Crippen LogP contribution in [0.25, 0.3) is 5.57 Å². The number of thiazole rings is 1. The zero-order valence-corrected chi connectivity index (χ0v) is 6.08. The van der Waals surface area contributed by atoms with Crippen LogP contribution >= 0.6 is 11.3 Å². The van der Waals surface area contributed by atoms with E-state index in [0.717, 1.165) is 0 Å². The summed E-state index contributed by atoms with van der Waals surface area (Å²) in [6.45, 7) is 3.25. The van der Waals surface area contributed by atoms with E-state index in [1.54, 1.807) is 6.07 Å². The summed E-state index contributed by atoms with van der Waals surface area (Å²) in [5.74, 6) is -1.18. The molecule has 1 aromatic rings. The highest BCUT2D eigenvalue weighted by Gasteiger charge is 2.11. The summed E-state index contributed by atoms with van der Waals surface area (Å²) >= 11 is 0.472. The fourth-order valence-corrected chi connectivity index (χ4v) is 1.05. The van der Waals surface area contributed by atoms with Crippen molar-refractivity contribution in [1.29, 1.82) is 5.26 Å². The molecule has 2 nitrogen and oxygen atoms in total. The van der Waals surface area contributed by atoms with E-state index in [2.05, 4.69) is 11.6 Å². The highest BCUT2D eigenvalue weighted by molar-refractivity contribution is 7.11. The van der Waals surface area contributed by atoms with Gasteiger partial charge in [0.25, 0.3) is 5.95 Å². The number of aromatic nitrogens is 1. The van der Waals surface area contributed by atoms with Crippen molar-refractivity contribution in [2.24, 2.45) is 0 Å². The van der Waals surface area contributed by atoms with E-state index >= 15 is 0 Å². The molecule has 0 aliphatic heterocycles. The average Bonchev–Trinajstić information content (AvgIpc) is 2.31. The Hall–Kier alpha value is -1.28. The zero-order valence-electron chi connectivity index (χ0n) is 5.27. The van der Waals surface area contributed by atoms with Crippen molar-refractivity contribution in [3.63, 3.8) is 0 Å². The molecular formula is C6H2F2N2S. The van der Waals surface area contributed by atoms with Crippen LogP contribution in [0.4, 0.5) is 8.78 Å². The van der Waals surface area contributed by atoms with E-state index in [4.69, 9.17) is 5.26 Å². The van der Waals surface area contributed by atoms with Crippen LogP contribution in [0.15, 0.2) is 6.58 Å². The van der Waals surface area contributed by atoms with Crippen LogP contribution < -0.4 is 0 Å². The summed E-state index contributed by atoms with van der Waals surface area (Å²) in [6.07, 6.45) is 0. The topological polar surface area (TPSA) is 36.7 Å². The Kier molecular flexibility index (Phi) is 1.96. The van der Waals surface area contributed by atoms with E-state index in [1.165, 1.54) is 0 Å². The molecule has 0 radical (unpaired) electrons. The van der Waals surface area contributed by atoms with E-state index in [1.807, 2.05) is 0 Å². The molecule has 0 aromatic carbocycles. The summed E-state index contributed by atoms with van der Waals surface area (Å²) in [6, 6.07) is 1.64. The van der Waals surface area contributed by atoms with Crippen molar-refractivity contribution in [1.82, 2.24) is 4.98 Å². The van der Waals surface area contributed by atoms with Gasteiger partial charge in [0.1, 0.15) is 11.1 Å². The maximum atomic E-state index is 12.3. The zero-order chi connectivity index (χ0) is 8.43. The van der Waals surface area contributed by atoms with Gasteiger partial charge in [0, 0.05) is 0 Å². The molecule has 0 saturated heterocycles. The van der Waals surface area contributed by atoms with Crippen molar-refractivity contribution in [2.75, 3.05) is 0 Å². The third kappa shape index (κ3) is 1.41. The quantitative estimate of drug-likeness (QED) is 0.607. The van der Waals surface area contributed by atoms with Gasteiger partial charge in [0.15, 0.2) is 0 Å². The fraction of sp³-hybridized carbons (Fsp3) is 0. The molecule has 56 valence electrons. The van der Waals surface area contributed by atoms with Gasteiger partial charge in [-0.05, 0) is 0 Å². The lowest BCUT2D eigenvalue weighted by Crippen LogP contribution is -1.78. The van der Waals surface area contributed by atoms with Crippen LogP contribution in [0.2, 0.25) is 0 Å². The molecule has 0 aliphatic carbocycles. The summed E-state index contributed by atoms with van der Waals surface area (Å²) in [5, 5.41) is 7.23. The van der Waals surface area contributed by atoms with Gasteiger partial charge < -0.3 is 0 Å². The first-order chi connectivity index (χ1) is 5.15. The summed E-state index contributed by atoms with van der Waals surface area (Å²) in [4.78, 5) is 3.14. The second kappa shape index (κ2) is 2.76. The van der Waals surface area contributed by atoms with E-state index in [9.17, 15) is 8.78 Å². The third-order valence-electron chi connectivity index (χ3n) is 0.941. The smallest absolute Gasteiger partial charge is 0.204 e. The van der Waals surface area contributed by atoms with Crippen LogP contribution in [-0.4, -0.2) is 4.98 Å². The minimum atomic E-state index is -1.18. The molecule has 5 heteroatoms. The Morgan fingerprint density at radius 3 is 2.64 bits per heavy atom. The van der Waals surface area contributed by atoms with E-state index in [0.29, 0.717) is 11.3 Å². The largest absolute Gasteiger partial charge is 0.260 e. The molecule has 11 heavy (non-hydrogen) atoms. The van der Waals surface area contributed by atoms with Crippen molar-refractivity contribution in [3.8, 4) is 6.07 Å². The van der Waals surface area contributed by atoms with Gasteiger partial charge in [-0.3, -0.25) is 0 Å². The minimum Gasteiger partial charge on any atom is -0.204 e. The van der Waals surface area contributed by atoms with Gasteiger partial charge in [0.2, 0.25) is 5.13 Å². The SMILES string of the molecule is C=C(C#N)c1nc(F)c(F)s1. The van der Waals surface area contributed by atoms with Gasteiger partial charge in [-0.2, -0.15) is 14.0 Å². The Balaban J connectivity index is 3.09. The molecule has 0 saturated carbocycles. The molecule has 1 heterocycles. The van der Waals surface area contributed by atoms with Gasteiger partial charge in [-0.25, -0.2) is 4.98 Å². The van der Waals surface area contributed by atoms with Crippen LogP contribution in [-0.2, 0) is 0 Å². The maximum absolute atomic E-state index is 12.3. The lowest BCUT2D eigenvalue weighted by atomic mass is 10.4. The predicted octanol–water partition coefficient (Wildman–Crippen LogP) is 1.96. The monoisotopic (exact) mass is 172 g/mol. The van der Waals surface area contributed by atoms with Crippen molar-refractivity contribution >= 4 is 16.9 Å². The third-order valence-corrected chi connectivity index (χ3v) is 1.82. The molecule has 0 bridgehead atoms. The lowest BCUT2D eigenvalue weighted by molar-refractivity contribution is 0.503. The van der Waals surface area contributed by atoms with Crippen molar-refractivity contribution in [3.05, 3.63) is 22.7 Å². The molecule has 1 rings (SSSR count). The Labute approximate surface area is 65.4 Å². The van der Waals surface area contributed by atoms with E-state index in [-0.39, 0.29) is 10.6 Å². The first kappa shape index (κ1) is 7.82. The van der Waals surface area contributed by atoms with Gasteiger partial charge in [-0.15, -0.1) is 0 Å². The minimum absolute atomic E-state index is 0.0116. The van der Waals surface area contributed by atoms with Crippen LogP contribution in [0.5, 0.6) is 0 Å². The maximum Gasteiger partial charge on any atom is 0.260 e. The summed E-state index contributed by atoms with van der Waals surface area (Å²) in [7, 11) is 0. The molecule has 1 aromatic heterocycles. The number of halogens is 2. The van der Waals surface area contributed by atoms with Crippen molar-refractivity contribution in [2.45, 2.75) is 0 Å². The molecule has 0 atom stereocenters. The first-order valence-electron chi connectivity index (χ1n) is 2.56. The van der Waals surface area contributed by atoms with E-state index < -0.39 is 11.1 Å². The fourth-order valence-electron chi connectivity index (χ4n) is 0.460. The number of nitrogens with zero attached hydrogens (tertiary/aromatic N) is 2. The average molecular weight is 172 g/mol. The molecule has 0 amide bonds. The number of hydrogen-bond donors (Lipinski definition) is 0. The lowest BCUT2D eigenvalue weighted by Gasteiger charge is -1.81. The number of allylic oxidation sites excluding steroid dienone is 1. The molecule has 0 spiro atoms. The summed E-state index contributed by atoms with van der Waals surface area (Å²) in [5.41, 5.74) is -0.0298. The Bertz CT molecular complexity index is 317. The second-order valence-electron chi connectivity index (χ2n) is 1.67. The normalized spacial score (nSPS) is 9.18. The first-order valence-corrected chi connectivity index (χ1v) is 3.38. The molecule has 0 fully saturated rings. The van der Waals surface area contributed by atoms with Crippen LogP contribution in [0.1, 0.15) is 5.01 Å². The highest BCUT2D eigenvalue weighted by atomic mass is 32.1. The van der Waals surface area contributed by atoms with Crippen LogP contribution in [0, 0.1) is 22.4 Å². The number of rotatable bonds is 1. The Morgan fingerprint density at radius 2 is 2.27 bits per heavy atom. The predicted molar refractivity (Wildman–Crippen MR) is 36.7 cm³/mol. The molecular weight excluding hydrogens is 170 g/mol. The number of nitriles is 1. The summed E-state index contributed by atoms with van der Waals surface area (Å²) < 4.78 is 24.5. The molecule has 0 unspecified atom stereocenters. The van der Waals surface area contributed by atoms with Gasteiger partial charge in [-0.1, -0.05) is 17.9 Å². The van der Waals surface area contributed by atoms with Gasteiger partial charge >= 0.3 is 0 Å². The standard InChI is InChI=1S/C6H2F2N2S/c1-3(2-9)6-10-4(7)5(8)11-6/h1H2. The number of hydrogen-bond acceptors (Lipinski definition) is 3.